The fourth-order valence-corrected chi connectivity index (χ4v) is 1.50. The van der Waals surface area contributed by atoms with Crippen LogP contribution in [-0.2, 0) is 18.4 Å². The minimum Gasteiger partial charge on any atom is -0.353 e. The van der Waals surface area contributed by atoms with Gasteiger partial charge in [0, 0.05) is 38.4 Å². The molecule has 5 heteroatoms. The number of hydrogen-bond acceptors (Lipinski definition) is 3. The van der Waals surface area contributed by atoms with Crippen LogP contribution >= 0.6 is 0 Å². The van der Waals surface area contributed by atoms with Gasteiger partial charge in [-0.1, -0.05) is 0 Å². The molecule has 1 fully saturated rings. The molecule has 0 atom stereocenters. The molecule has 0 saturated heterocycles. The Morgan fingerprint density at radius 1 is 1.62 bits per heavy atom. The second kappa shape index (κ2) is 5.12. The van der Waals surface area contributed by atoms with Crippen LogP contribution in [0.5, 0.6) is 0 Å². The molecule has 2 rings (SSSR count). The quantitative estimate of drug-likeness (QED) is 0.675. The number of imidazole rings is 1. The molecule has 0 unspecified atom stereocenters. The van der Waals surface area contributed by atoms with Crippen LogP contribution in [0.3, 0.4) is 0 Å². The normalized spacial score (nSPS) is 15.1. The zero-order valence-electron chi connectivity index (χ0n) is 9.57. The first-order chi connectivity index (χ1) is 7.75. The van der Waals surface area contributed by atoms with E-state index >= 15 is 0 Å². The summed E-state index contributed by atoms with van der Waals surface area (Å²) in [6, 6.07) is 0.460. The van der Waals surface area contributed by atoms with Crippen LogP contribution in [0.2, 0.25) is 0 Å². The number of hydrogen-bond donors (Lipinski definition) is 2. The van der Waals surface area contributed by atoms with Gasteiger partial charge in [0.1, 0.15) is 5.82 Å². The smallest absolute Gasteiger partial charge is 0.221 e. The van der Waals surface area contributed by atoms with E-state index in [-0.39, 0.29) is 5.91 Å². The van der Waals surface area contributed by atoms with E-state index in [0.717, 1.165) is 18.7 Å². The lowest BCUT2D eigenvalue weighted by molar-refractivity contribution is -0.121. The first kappa shape index (κ1) is 11.1. The lowest BCUT2D eigenvalue weighted by Gasteiger charge is -2.05. The monoisotopic (exact) mass is 222 g/mol. The van der Waals surface area contributed by atoms with E-state index in [1.807, 2.05) is 17.8 Å². The highest BCUT2D eigenvalue weighted by Gasteiger charge is 2.22. The summed E-state index contributed by atoms with van der Waals surface area (Å²) in [5.41, 5.74) is 0. The molecular weight excluding hydrogens is 204 g/mol. The number of carbonyl (C=O) groups is 1. The summed E-state index contributed by atoms with van der Waals surface area (Å²) in [4.78, 5) is 15.5. The molecule has 1 heterocycles. The second-order valence-corrected chi connectivity index (χ2v) is 4.22. The van der Waals surface area contributed by atoms with Crippen LogP contribution in [0.4, 0.5) is 0 Å². The first-order valence-electron chi connectivity index (χ1n) is 5.72. The number of nitrogens with one attached hydrogen (secondary N) is 2. The predicted octanol–water partition coefficient (Wildman–Crippen LogP) is 0.178. The molecule has 16 heavy (non-hydrogen) atoms. The minimum atomic E-state index is 0.148. The van der Waals surface area contributed by atoms with Gasteiger partial charge in [-0.3, -0.25) is 4.79 Å². The van der Waals surface area contributed by atoms with E-state index in [9.17, 15) is 4.79 Å². The van der Waals surface area contributed by atoms with Gasteiger partial charge in [-0.25, -0.2) is 4.98 Å². The van der Waals surface area contributed by atoms with Gasteiger partial charge >= 0.3 is 0 Å². The summed E-state index contributed by atoms with van der Waals surface area (Å²) in [6.07, 6.45) is 6.52. The summed E-state index contributed by atoms with van der Waals surface area (Å²) in [5.74, 6) is 1.14. The molecule has 0 spiro atoms. The molecule has 1 amide bonds. The zero-order chi connectivity index (χ0) is 11.4. The van der Waals surface area contributed by atoms with Crippen molar-refractivity contribution in [1.29, 1.82) is 0 Å². The maximum Gasteiger partial charge on any atom is 0.221 e. The van der Waals surface area contributed by atoms with E-state index < -0.39 is 0 Å². The number of nitrogens with zero attached hydrogens (tertiary/aromatic N) is 2. The van der Waals surface area contributed by atoms with Crippen LogP contribution in [0.15, 0.2) is 12.4 Å². The second-order valence-electron chi connectivity index (χ2n) is 4.22. The average molecular weight is 222 g/mol. The van der Waals surface area contributed by atoms with Crippen molar-refractivity contribution in [2.45, 2.75) is 31.8 Å². The Balaban J connectivity index is 1.57. The number of amides is 1. The fraction of sp³-hybridized carbons (Fsp3) is 0.636. The molecule has 0 radical (unpaired) electrons. The number of aryl methyl sites for hydroxylation is 1. The molecular formula is C11H18N4O. The third-order valence-corrected chi connectivity index (χ3v) is 2.68. The van der Waals surface area contributed by atoms with E-state index in [4.69, 9.17) is 0 Å². The van der Waals surface area contributed by atoms with Crippen LogP contribution in [0, 0.1) is 0 Å². The molecule has 1 aromatic rings. The maximum atomic E-state index is 11.3. The average Bonchev–Trinajstić information content (AvgIpc) is 2.96. The molecule has 0 aliphatic heterocycles. The number of aromatic nitrogens is 2. The Kier molecular flexibility index (Phi) is 3.56. The van der Waals surface area contributed by atoms with Crippen molar-refractivity contribution >= 4 is 5.91 Å². The number of carbonyl (C=O) groups excluding carboxylic acids is 1. The van der Waals surface area contributed by atoms with Crippen molar-refractivity contribution in [2.75, 3.05) is 6.54 Å². The Hall–Kier alpha value is -1.36. The van der Waals surface area contributed by atoms with Gasteiger partial charge in [0.2, 0.25) is 5.91 Å². The van der Waals surface area contributed by atoms with Gasteiger partial charge in [-0.2, -0.15) is 0 Å². The summed E-state index contributed by atoms with van der Waals surface area (Å²) in [5, 5.41) is 6.17. The third kappa shape index (κ3) is 3.34. The van der Waals surface area contributed by atoms with Crippen molar-refractivity contribution in [2.24, 2.45) is 7.05 Å². The van der Waals surface area contributed by atoms with Crippen molar-refractivity contribution < 1.29 is 4.79 Å². The first-order valence-corrected chi connectivity index (χ1v) is 5.72. The molecule has 0 bridgehead atoms. The Labute approximate surface area is 95.2 Å². The molecule has 1 aliphatic carbocycles. The lowest BCUT2D eigenvalue weighted by Crippen LogP contribution is -2.29. The predicted molar refractivity (Wildman–Crippen MR) is 60.7 cm³/mol. The standard InChI is InChI=1S/C11H18N4O/c1-15-7-6-13-10(15)8-12-5-4-11(16)14-9-2-3-9/h6-7,9,12H,2-5,8H2,1H3,(H,14,16). The van der Waals surface area contributed by atoms with Crippen molar-refractivity contribution in [3.05, 3.63) is 18.2 Å². The van der Waals surface area contributed by atoms with E-state index in [2.05, 4.69) is 15.6 Å². The summed E-state index contributed by atoms with van der Waals surface area (Å²) < 4.78 is 1.97. The molecule has 0 aromatic carbocycles. The maximum absolute atomic E-state index is 11.3. The highest BCUT2D eigenvalue weighted by Crippen LogP contribution is 2.18. The molecule has 1 aromatic heterocycles. The highest BCUT2D eigenvalue weighted by molar-refractivity contribution is 5.76. The Bertz CT molecular complexity index is 357. The van der Waals surface area contributed by atoms with Gasteiger partial charge in [0.15, 0.2) is 0 Å². The van der Waals surface area contributed by atoms with Crippen molar-refractivity contribution in [3.8, 4) is 0 Å². The zero-order valence-corrected chi connectivity index (χ0v) is 9.57. The third-order valence-electron chi connectivity index (χ3n) is 2.68. The van der Waals surface area contributed by atoms with Gasteiger partial charge < -0.3 is 15.2 Å². The summed E-state index contributed by atoms with van der Waals surface area (Å²) in [6.45, 7) is 1.41. The Morgan fingerprint density at radius 2 is 2.44 bits per heavy atom. The topological polar surface area (TPSA) is 59.0 Å². The van der Waals surface area contributed by atoms with Crippen LogP contribution in [-0.4, -0.2) is 28.0 Å². The summed E-state index contributed by atoms with van der Waals surface area (Å²) in [7, 11) is 1.96. The van der Waals surface area contributed by atoms with Gasteiger partial charge in [0.05, 0.1) is 6.54 Å². The van der Waals surface area contributed by atoms with Gasteiger partial charge in [-0.05, 0) is 12.8 Å². The number of rotatable bonds is 6. The Morgan fingerprint density at radius 3 is 3.06 bits per heavy atom. The van der Waals surface area contributed by atoms with E-state index in [1.165, 1.54) is 0 Å². The van der Waals surface area contributed by atoms with Crippen molar-refractivity contribution in [1.82, 2.24) is 20.2 Å². The fourth-order valence-electron chi connectivity index (χ4n) is 1.50. The van der Waals surface area contributed by atoms with E-state index in [0.29, 0.717) is 25.6 Å². The minimum absolute atomic E-state index is 0.148. The largest absolute Gasteiger partial charge is 0.353 e. The summed E-state index contributed by atoms with van der Waals surface area (Å²) >= 11 is 0. The molecule has 1 saturated carbocycles. The van der Waals surface area contributed by atoms with Crippen LogP contribution in [0.1, 0.15) is 25.1 Å². The molecule has 2 N–H and O–H groups in total. The van der Waals surface area contributed by atoms with Gasteiger partial charge in [-0.15, -0.1) is 0 Å². The van der Waals surface area contributed by atoms with Crippen molar-refractivity contribution in [3.63, 3.8) is 0 Å². The molecule has 5 nitrogen and oxygen atoms in total. The van der Waals surface area contributed by atoms with Gasteiger partial charge in [0.25, 0.3) is 0 Å². The molecule has 1 aliphatic rings. The lowest BCUT2D eigenvalue weighted by atomic mass is 10.4. The van der Waals surface area contributed by atoms with Crippen LogP contribution < -0.4 is 10.6 Å². The van der Waals surface area contributed by atoms with E-state index in [1.54, 1.807) is 6.20 Å². The van der Waals surface area contributed by atoms with Crippen LogP contribution in [0.25, 0.3) is 0 Å². The SMILES string of the molecule is Cn1ccnc1CNCCC(=O)NC1CC1. The highest BCUT2D eigenvalue weighted by atomic mass is 16.1. The molecule has 88 valence electrons.